The number of aromatic nitrogens is 4. The number of nitrogens with two attached hydrogens (primary N) is 1. The molecule has 35 heavy (non-hydrogen) atoms. The second-order valence-electron chi connectivity index (χ2n) is 10.6. The van der Waals surface area contributed by atoms with E-state index in [1.54, 1.807) is 4.57 Å². The second-order valence-corrected chi connectivity index (χ2v) is 19.8. The Morgan fingerprint density at radius 2 is 1.63 bits per heavy atom. The Balaban J connectivity index is 1.79. The molecule has 0 aromatic carbocycles. The molecule has 2 aromatic heterocycles. The number of hydrogen-bond acceptors (Lipinski definition) is 9. The Labute approximate surface area is 213 Å². The Bertz CT molecular complexity index is 1100. The maximum Gasteiger partial charge on any atom is 0.335 e. The molecule has 0 aliphatic carbocycles. The van der Waals surface area contributed by atoms with E-state index < -0.39 is 35.6 Å². The molecule has 2 aliphatic heterocycles. The molecule has 0 unspecified atom stereocenters. The molecule has 2 saturated heterocycles. The van der Waals surface area contributed by atoms with Crippen LogP contribution in [0.4, 0.5) is 5.82 Å². The number of imidazole rings is 1. The van der Waals surface area contributed by atoms with Crippen molar-refractivity contribution in [3.63, 3.8) is 0 Å². The van der Waals surface area contributed by atoms with Gasteiger partial charge >= 0.3 is 17.1 Å². The molecule has 0 saturated carbocycles. The fourth-order valence-corrected chi connectivity index (χ4v) is 16.6. The third kappa shape index (κ3) is 4.26. The van der Waals surface area contributed by atoms with E-state index >= 15 is 0 Å². The van der Waals surface area contributed by atoms with Crippen molar-refractivity contribution in [3.8, 4) is 0 Å². The van der Waals surface area contributed by atoms with Gasteiger partial charge in [-0.25, -0.2) is 4.98 Å². The van der Waals surface area contributed by atoms with E-state index in [2.05, 4.69) is 70.3 Å². The quantitative estimate of drug-likeness (QED) is 0.430. The van der Waals surface area contributed by atoms with E-state index in [4.69, 9.17) is 35.0 Å². The third-order valence-electron chi connectivity index (χ3n) is 7.16. The van der Waals surface area contributed by atoms with Crippen LogP contribution >= 0.6 is 11.6 Å². The molecule has 0 radical (unpaired) electrons. The number of nitrogens with zero attached hydrogens (tertiary/aromatic N) is 4. The van der Waals surface area contributed by atoms with Crippen molar-refractivity contribution in [2.75, 3.05) is 12.3 Å². The number of halogens is 1. The summed E-state index contributed by atoms with van der Waals surface area (Å²) < 4.78 is 28.6. The van der Waals surface area contributed by atoms with Crippen LogP contribution in [0, 0.1) is 0 Å². The Kier molecular flexibility index (Phi) is 7.21. The highest BCUT2D eigenvalue weighted by molar-refractivity contribution is 6.84. The number of carbonyl (C=O) groups excluding carboxylic acids is 1. The van der Waals surface area contributed by atoms with Gasteiger partial charge < -0.3 is 23.4 Å². The number of rotatable bonds is 5. The lowest BCUT2D eigenvalue weighted by molar-refractivity contribution is -0.130. The first-order valence-electron chi connectivity index (χ1n) is 12.2. The number of anilines is 1. The molecular formula is C22H36ClN5O5Si2. The Morgan fingerprint density at radius 3 is 2.20 bits per heavy atom. The number of carbonyl (C=O) groups is 1. The van der Waals surface area contributed by atoms with Gasteiger partial charge in [-0.3, -0.25) is 9.36 Å². The molecule has 4 heterocycles. The zero-order valence-corrected chi connectivity index (χ0v) is 24.4. The minimum Gasteiger partial charge on any atom is -0.414 e. The summed E-state index contributed by atoms with van der Waals surface area (Å²) in [5.74, 6) is -0.0878. The number of Topliss-reactive ketones (excluding diaryl/α,β-unsaturated/α-hetero) is 1. The number of ketones is 1. The largest absolute Gasteiger partial charge is 0.414 e. The van der Waals surface area contributed by atoms with Gasteiger partial charge in [0.05, 0.1) is 12.9 Å². The first-order valence-corrected chi connectivity index (χ1v) is 16.5. The summed E-state index contributed by atoms with van der Waals surface area (Å²) in [6.07, 6.45) is -0.934. The Morgan fingerprint density at radius 1 is 1.03 bits per heavy atom. The van der Waals surface area contributed by atoms with E-state index in [1.807, 2.05) is 0 Å². The minimum atomic E-state index is -2.95. The summed E-state index contributed by atoms with van der Waals surface area (Å²) in [5.41, 5.74) is 7.23. The first kappa shape index (κ1) is 26.6. The van der Waals surface area contributed by atoms with Gasteiger partial charge in [0.2, 0.25) is 11.1 Å². The summed E-state index contributed by atoms with van der Waals surface area (Å²) in [4.78, 5) is 26.3. The molecular weight excluding hydrogens is 506 g/mol. The maximum atomic E-state index is 13.8. The minimum absolute atomic E-state index is 0.0307. The van der Waals surface area contributed by atoms with Crippen LogP contribution in [0.5, 0.6) is 0 Å². The predicted molar refractivity (Wildman–Crippen MR) is 137 cm³/mol. The van der Waals surface area contributed by atoms with E-state index in [0.29, 0.717) is 11.2 Å². The van der Waals surface area contributed by atoms with E-state index in [0.717, 1.165) is 0 Å². The number of hydrogen-bond donors (Lipinski definition) is 1. The monoisotopic (exact) mass is 541 g/mol. The summed E-state index contributed by atoms with van der Waals surface area (Å²) >= 11 is 6.04. The van der Waals surface area contributed by atoms with Crippen molar-refractivity contribution >= 4 is 51.5 Å². The van der Waals surface area contributed by atoms with Crippen molar-refractivity contribution in [1.82, 2.24) is 19.5 Å². The maximum absolute atomic E-state index is 13.8. The number of fused-ring (bicyclic) bond motifs is 2. The molecule has 2 fully saturated rings. The molecule has 10 nitrogen and oxygen atoms in total. The zero-order chi connectivity index (χ0) is 25.9. The topological polar surface area (TPSA) is 124 Å². The van der Waals surface area contributed by atoms with Crippen LogP contribution in [-0.4, -0.2) is 61.2 Å². The third-order valence-corrected chi connectivity index (χ3v) is 17.6. The molecule has 2 aliphatic rings. The van der Waals surface area contributed by atoms with Gasteiger partial charge in [0, 0.05) is 0 Å². The zero-order valence-electron chi connectivity index (χ0n) is 21.6. The highest BCUT2D eigenvalue weighted by Gasteiger charge is 2.61. The lowest BCUT2D eigenvalue weighted by Gasteiger charge is -2.50. The lowest BCUT2D eigenvalue weighted by Crippen LogP contribution is -2.65. The summed E-state index contributed by atoms with van der Waals surface area (Å²) in [7, 11) is -5.69. The van der Waals surface area contributed by atoms with Crippen LogP contribution in [0.15, 0.2) is 6.33 Å². The standard InChI is InChI=1S/C22H36ClN5O5Si2/c1-11(2)34(12(3)4)30-9-15-18(32-35(33-34,13(5)6)14(7)8)17(29)21(31-15)28-10-25-16-19(24)26-22(23)27-20(16)28/h10-15,18,21H,9H2,1-8H3,(H2,24,26,27)/t15-,18-,21-/m1/s1. The normalized spacial score (nSPS) is 26.7. The molecule has 2 N–H and O–H groups in total. The summed E-state index contributed by atoms with van der Waals surface area (Å²) in [6.45, 7) is 17.3. The Hall–Kier alpha value is -1.42. The van der Waals surface area contributed by atoms with Crippen molar-refractivity contribution < 1.29 is 22.5 Å². The molecule has 2 aromatic rings. The molecule has 0 bridgehead atoms. The van der Waals surface area contributed by atoms with Crippen molar-refractivity contribution in [2.24, 2.45) is 0 Å². The van der Waals surface area contributed by atoms with Crippen molar-refractivity contribution in [1.29, 1.82) is 0 Å². The molecule has 194 valence electrons. The van der Waals surface area contributed by atoms with Gasteiger partial charge in [-0.2, -0.15) is 9.97 Å². The number of ether oxygens (including phenoxy) is 1. The van der Waals surface area contributed by atoms with Gasteiger partial charge in [-0.05, 0) is 33.8 Å². The van der Waals surface area contributed by atoms with Crippen LogP contribution in [0.1, 0.15) is 61.6 Å². The highest BCUT2D eigenvalue weighted by atomic mass is 35.5. The molecule has 13 heteroatoms. The number of nitrogen functional groups attached to an aromatic ring is 1. The molecule has 4 rings (SSSR count). The van der Waals surface area contributed by atoms with Crippen LogP contribution in [0.3, 0.4) is 0 Å². The van der Waals surface area contributed by atoms with Crippen LogP contribution < -0.4 is 5.73 Å². The predicted octanol–water partition coefficient (Wildman–Crippen LogP) is 4.48. The van der Waals surface area contributed by atoms with Crippen LogP contribution in [0.2, 0.25) is 27.4 Å². The van der Waals surface area contributed by atoms with Crippen molar-refractivity contribution in [3.05, 3.63) is 11.6 Å². The average Bonchev–Trinajstić information content (AvgIpc) is 3.28. The van der Waals surface area contributed by atoms with Gasteiger partial charge in [0.15, 0.2) is 17.7 Å². The van der Waals surface area contributed by atoms with Gasteiger partial charge in [0.25, 0.3) is 0 Å². The highest BCUT2D eigenvalue weighted by Crippen LogP contribution is 2.47. The van der Waals surface area contributed by atoms with Gasteiger partial charge in [-0.1, -0.05) is 55.4 Å². The van der Waals surface area contributed by atoms with Crippen LogP contribution in [0.25, 0.3) is 11.2 Å². The molecule has 3 atom stereocenters. The van der Waals surface area contributed by atoms with E-state index in [-0.39, 0.29) is 45.7 Å². The van der Waals surface area contributed by atoms with E-state index in [9.17, 15) is 4.79 Å². The van der Waals surface area contributed by atoms with Crippen LogP contribution in [-0.2, 0) is 22.5 Å². The summed E-state index contributed by atoms with van der Waals surface area (Å²) in [5, 5.41) is -0.0307. The fourth-order valence-electron chi connectivity index (χ4n) is 5.30. The molecule has 0 amide bonds. The average molecular weight is 542 g/mol. The lowest BCUT2D eigenvalue weighted by atomic mass is 10.1. The van der Waals surface area contributed by atoms with Gasteiger partial charge in [-0.15, -0.1) is 0 Å². The summed E-state index contributed by atoms with van der Waals surface area (Å²) in [6, 6.07) is 0. The smallest absolute Gasteiger partial charge is 0.335 e. The van der Waals surface area contributed by atoms with Gasteiger partial charge in [0.1, 0.15) is 17.7 Å². The SMILES string of the molecule is CC(C)[Si]1(C(C)C)OC[C@H]2O[C@@H](n3cnc4c(N)nc(Cl)nc43)C(=O)[C@@H]2O[Si](C(C)C)(C(C)C)O1. The first-order chi connectivity index (χ1) is 16.3. The van der Waals surface area contributed by atoms with E-state index in [1.165, 1.54) is 6.33 Å². The fraction of sp³-hybridized carbons (Fsp3) is 0.727. The van der Waals surface area contributed by atoms with Crippen molar-refractivity contribution in [2.45, 2.75) is 96.0 Å². The second kappa shape index (κ2) is 9.47. The molecule has 0 spiro atoms.